The molecule has 1 atom stereocenters. The van der Waals surface area contributed by atoms with Gasteiger partial charge in [-0.25, -0.2) is 0 Å². The first-order valence-electron chi connectivity index (χ1n) is 12.0. The molecule has 2 heterocycles. The molecule has 0 radical (unpaired) electrons. The number of hydrogen-bond acceptors (Lipinski definition) is 5. The molecule has 0 aliphatic heterocycles. The van der Waals surface area contributed by atoms with E-state index in [-0.39, 0.29) is 24.4 Å². The number of nitrogens with one attached hydrogen (secondary N) is 2. The van der Waals surface area contributed by atoms with E-state index in [1.807, 2.05) is 32.0 Å². The average molecular weight is 494 g/mol. The van der Waals surface area contributed by atoms with E-state index in [0.29, 0.717) is 16.3 Å². The van der Waals surface area contributed by atoms with Gasteiger partial charge in [-0.05, 0) is 73.5 Å². The summed E-state index contributed by atoms with van der Waals surface area (Å²) in [5.74, 6) is -0.644. The number of carbonyl (C=O) groups excluding carboxylic acids is 3. The van der Waals surface area contributed by atoms with Crippen LogP contribution in [0.25, 0.3) is 0 Å². The minimum Gasteiger partial charge on any atom is -0.467 e. The largest absolute Gasteiger partial charge is 0.467 e. The van der Waals surface area contributed by atoms with E-state index in [4.69, 9.17) is 4.42 Å². The van der Waals surface area contributed by atoms with Gasteiger partial charge in [0.15, 0.2) is 6.04 Å². The van der Waals surface area contributed by atoms with Gasteiger partial charge in [0.05, 0.1) is 17.7 Å². The molecule has 1 aliphatic carbocycles. The van der Waals surface area contributed by atoms with Crippen LogP contribution in [0.1, 0.15) is 64.7 Å². The monoisotopic (exact) mass is 493 g/mol. The molecule has 8 heteroatoms. The van der Waals surface area contributed by atoms with Crippen LogP contribution in [0, 0.1) is 13.8 Å². The molecule has 1 fully saturated rings. The van der Waals surface area contributed by atoms with Gasteiger partial charge >= 0.3 is 0 Å². The summed E-state index contributed by atoms with van der Waals surface area (Å²) < 4.78 is 5.66. The van der Waals surface area contributed by atoms with Crippen LogP contribution in [0.15, 0.2) is 58.5 Å². The van der Waals surface area contributed by atoms with Gasteiger partial charge in [0.2, 0.25) is 5.91 Å². The molecule has 2 aromatic heterocycles. The number of thiophene rings is 1. The lowest BCUT2D eigenvalue weighted by Gasteiger charge is -2.32. The first-order valence-corrected chi connectivity index (χ1v) is 12.9. The molecule has 35 heavy (non-hydrogen) atoms. The Kier molecular flexibility index (Phi) is 8.02. The van der Waals surface area contributed by atoms with E-state index in [0.717, 1.165) is 36.8 Å². The third-order valence-electron chi connectivity index (χ3n) is 6.17. The third kappa shape index (κ3) is 6.19. The van der Waals surface area contributed by atoms with Crippen LogP contribution < -0.4 is 15.5 Å². The summed E-state index contributed by atoms with van der Waals surface area (Å²) in [6, 6.07) is 11.7. The molecule has 0 saturated heterocycles. The number of aryl methyl sites for hydroxylation is 2. The van der Waals surface area contributed by atoms with Gasteiger partial charge in [-0.1, -0.05) is 31.4 Å². The molecule has 1 aliphatic rings. The zero-order valence-corrected chi connectivity index (χ0v) is 20.9. The summed E-state index contributed by atoms with van der Waals surface area (Å²) in [5, 5.41) is 7.66. The fourth-order valence-electron chi connectivity index (χ4n) is 4.61. The fraction of sp³-hybridized carbons (Fsp3) is 0.370. The van der Waals surface area contributed by atoms with Crippen LogP contribution in [0.2, 0.25) is 0 Å². The van der Waals surface area contributed by atoms with Crippen molar-refractivity contribution >= 4 is 34.7 Å². The van der Waals surface area contributed by atoms with Crippen molar-refractivity contribution in [1.29, 1.82) is 0 Å². The molecule has 1 saturated carbocycles. The van der Waals surface area contributed by atoms with E-state index in [1.165, 1.54) is 28.9 Å². The van der Waals surface area contributed by atoms with Gasteiger partial charge in [0, 0.05) is 11.7 Å². The van der Waals surface area contributed by atoms with Crippen LogP contribution in [-0.2, 0) is 9.59 Å². The number of hydrogen-bond donors (Lipinski definition) is 2. The molecule has 184 valence electrons. The smallest absolute Gasteiger partial charge is 0.261 e. The van der Waals surface area contributed by atoms with Crippen molar-refractivity contribution in [3.8, 4) is 0 Å². The molecule has 2 N–H and O–H groups in total. The number of benzene rings is 1. The highest BCUT2D eigenvalue weighted by Gasteiger charge is 2.36. The summed E-state index contributed by atoms with van der Waals surface area (Å²) in [4.78, 5) is 41.8. The van der Waals surface area contributed by atoms with Gasteiger partial charge in [0.25, 0.3) is 11.8 Å². The van der Waals surface area contributed by atoms with E-state index >= 15 is 0 Å². The Bertz CT molecular complexity index is 1130. The molecule has 3 aromatic rings. The SMILES string of the molecule is Cc1cc(C)cc(N(C(=O)CNC(=O)c2cccs2)[C@@H](C(=O)NC2CCCCC2)c2ccco2)c1. The summed E-state index contributed by atoms with van der Waals surface area (Å²) >= 11 is 1.30. The Morgan fingerprint density at radius 3 is 2.43 bits per heavy atom. The van der Waals surface area contributed by atoms with Crippen molar-refractivity contribution in [2.24, 2.45) is 0 Å². The quantitative estimate of drug-likeness (QED) is 0.466. The summed E-state index contributed by atoms with van der Waals surface area (Å²) in [5.41, 5.74) is 2.51. The van der Waals surface area contributed by atoms with Gasteiger partial charge < -0.3 is 15.1 Å². The van der Waals surface area contributed by atoms with Crippen molar-refractivity contribution < 1.29 is 18.8 Å². The average Bonchev–Trinajstić information content (AvgIpc) is 3.55. The second-order valence-electron chi connectivity index (χ2n) is 9.03. The number of nitrogens with zero attached hydrogens (tertiary/aromatic N) is 1. The summed E-state index contributed by atoms with van der Waals surface area (Å²) in [6.45, 7) is 3.64. The van der Waals surface area contributed by atoms with Gasteiger partial charge in [-0.15, -0.1) is 11.3 Å². The zero-order chi connectivity index (χ0) is 24.8. The Morgan fingerprint density at radius 1 is 1.06 bits per heavy atom. The van der Waals surface area contributed by atoms with Crippen LogP contribution in [-0.4, -0.2) is 30.3 Å². The first kappa shape index (κ1) is 24.7. The number of carbonyl (C=O) groups is 3. The molecule has 0 spiro atoms. The lowest BCUT2D eigenvalue weighted by atomic mass is 9.95. The molecule has 7 nitrogen and oxygen atoms in total. The molecule has 0 bridgehead atoms. The molecule has 0 unspecified atom stereocenters. The predicted octanol–water partition coefficient (Wildman–Crippen LogP) is 4.91. The molecule has 1 aromatic carbocycles. The van der Waals surface area contributed by atoms with Crippen LogP contribution in [0.4, 0.5) is 5.69 Å². The predicted molar refractivity (Wildman–Crippen MR) is 137 cm³/mol. The van der Waals surface area contributed by atoms with Crippen LogP contribution >= 0.6 is 11.3 Å². The zero-order valence-electron chi connectivity index (χ0n) is 20.1. The first-order chi connectivity index (χ1) is 16.9. The number of furan rings is 1. The molecule has 3 amide bonds. The highest BCUT2D eigenvalue weighted by atomic mass is 32.1. The maximum absolute atomic E-state index is 13.7. The van der Waals surface area contributed by atoms with E-state index < -0.39 is 11.9 Å². The topological polar surface area (TPSA) is 91.7 Å². The highest BCUT2D eigenvalue weighted by molar-refractivity contribution is 7.12. The van der Waals surface area contributed by atoms with E-state index in [2.05, 4.69) is 10.6 Å². The van der Waals surface area contributed by atoms with Gasteiger partial charge in [0.1, 0.15) is 5.76 Å². The summed E-state index contributed by atoms with van der Waals surface area (Å²) in [7, 11) is 0. The van der Waals surface area contributed by atoms with Gasteiger partial charge in [-0.2, -0.15) is 0 Å². The van der Waals surface area contributed by atoms with Crippen molar-refractivity contribution in [2.75, 3.05) is 11.4 Å². The van der Waals surface area contributed by atoms with Gasteiger partial charge in [-0.3, -0.25) is 19.3 Å². The number of rotatable bonds is 8. The van der Waals surface area contributed by atoms with Crippen molar-refractivity contribution in [2.45, 2.75) is 58.0 Å². The number of amides is 3. The Morgan fingerprint density at radius 2 is 1.80 bits per heavy atom. The van der Waals surface area contributed by atoms with Crippen molar-refractivity contribution in [3.05, 3.63) is 75.9 Å². The lowest BCUT2D eigenvalue weighted by Crippen LogP contribution is -2.49. The standard InChI is InChI=1S/C27H31N3O4S/c1-18-14-19(2)16-21(15-18)30(24(31)17-28-26(32)23-11-7-13-35-23)25(22-10-6-12-34-22)27(33)29-20-8-4-3-5-9-20/h6-7,10-16,20,25H,3-5,8-9,17H2,1-2H3,(H,28,32)(H,29,33)/t25-/m1/s1. The van der Waals surface area contributed by atoms with Crippen LogP contribution in [0.5, 0.6) is 0 Å². The molecule has 4 rings (SSSR count). The summed E-state index contributed by atoms with van der Waals surface area (Å²) in [6.07, 6.45) is 6.66. The van der Waals surface area contributed by atoms with Crippen molar-refractivity contribution in [1.82, 2.24) is 10.6 Å². The second kappa shape index (κ2) is 11.4. The normalized spacial score (nSPS) is 14.8. The lowest BCUT2D eigenvalue weighted by molar-refractivity contribution is -0.127. The Balaban J connectivity index is 1.66. The highest BCUT2D eigenvalue weighted by Crippen LogP contribution is 2.31. The van der Waals surface area contributed by atoms with E-state index in [1.54, 1.807) is 29.6 Å². The minimum absolute atomic E-state index is 0.0726. The van der Waals surface area contributed by atoms with Crippen molar-refractivity contribution in [3.63, 3.8) is 0 Å². The molecular formula is C27H31N3O4S. The van der Waals surface area contributed by atoms with E-state index in [9.17, 15) is 14.4 Å². The van der Waals surface area contributed by atoms with Crippen LogP contribution in [0.3, 0.4) is 0 Å². The Labute approximate surface area is 209 Å². The minimum atomic E-state index is -1.00. The molecular weight excluding hydrogens is 462 g/mol. The second-order valence-corrected chi connectivity index (χ2v) is 9.98. The number of anilines is 1. The fourth-order valence-corrected chi connectivity index (χ4v) is 5.25. The Hall–Kier alpha value is -3.39. The maximum atomic E-state index is 13.7. The maximum Gasteiger partial charge on any atom is 0.261 e. The third-order valence-corrected chi connectivity index (χ3v) is 7.04.